The maximum atomic E-state index is 11.1. The van der Waals surface area contributed by atoms with Gasteiger partial charge >= 0.3 is 5.97 Å². The monoisotopic (exact) mass is 343 g/mol. The molecular formula is C13H14BrNO5. The van der Waals surface area contributed by atoms with Gasteiger partial charge < -0.3 is 19.9 Å². The molecule has 7 heteroatoms. The first-order valence-corrected chi connectivity index (χ1v) is 6.84. The Morgan fingerprint density at radius 3 is 2.75 bits per heavy atom. The second kappa shape index (κ2) is 6.13. The molecule has 1 aliphatic heterocycles. The number of carbonyl (C=O) groups excluding carboxylic acids is 1. The lowest BCUT2D eigenvalue weighted by atomic mass is 10.0. The van der Waals surface area contributed by atoms with Gasteiger partial charge in [0.15, 0.2) is 11.5 Å². The molecule has 1 heterocycles. The molecule has 2 rings (SSSR count). The van der Waals surface area contributed by atoms with Crippen molar-refractivity contribution < 1.29 is 24.2 Å². The number of halogens is 1. The molecule has 0 radical (unpaired) electrons. The molecule has 1 aromatic rings. The van der Waals surface area contributed by atoms with Crippen molar-refractivity contribution >= 4 is 27.8 Å². The molecule has 1 amide bonds. The number of hydrogen-bond acceptors (Lipinski definition) is 4. The Labute approximate surface area is 124 Å². The van der Waals surface area contributed by atoms with E-state index in [1.54, 1.807) is 12.1 Å². The van der Waals surface area contributed by atoms with Gasteiger partial charge in [-0.1, -0.05) is 0 Å². The molecule has 0 aromatic heterocycles. The van der Waals surface area contributed by atoms with Gasteiger partial charge in [0, 0.05) is 13.3 Å². The van der Waals surface area contributed by atoms with Crippen LogP contribution in [-0.2, 0) is 16.0 Å². The van der Waals surface area contributed by atoms with E-state index in [1.807, 2.05) is 0 Å². The van der Waals surface area contributed by atoms with Crippen molar-refractivity contribution in [2.45, 2.75) is 19.4 Å². The summed E-state index contributed by atoms with van der Waals surface area (Å²) in [5.74, 6) is -0.265. The molecule has 1 aromatic carbocycles. The van der Waals surface area contributed by atoms with Gasteiger partial charge in [-0.2, -0.15) is 0 Å². The predicted octanol–water partition coefficient (Wildman–Crippen LogP) is 1.35. The average Bonchev–Trinajstić information content (AvgIpc) is 2.37. The van der Waals surface area contributed by atoms with Crippen LogP contribution in [-0.4, -0.2) is 36.2 Å². The summed E-state index contributed by atoms with van der Waals surface area (Å²) < 4.78 is 11.7. The summed E-state index contributed by atoms with van der Waals surface area (Å²) in [6.07, 6.45) is 0.171. The third-order valence-corrected chi connectivity index (χ3v) is 3.36. The molecule has 0 aliphatic carbocycles. The first kappa shape index (κ1) is 14.6. The normalized spacial score (nSPS) is 14.5. The summed E-state index contributed by atoms with van der Waals surface area (Å²) in [7, 11) is 0. The Bertz CT molecular complexity index is 546. The Balaban J connectivity index is 2.22. The minimum Gasteiger partial charge on any atom is -0.486 e. The highest BCUT2D eigenvalue weighted by atomic mass is 79.9. The van der Waals surface area contributed by atoms with Crippen LogP contribution in [0.25, 0.3) is 0 Å². The second-order valence-electron chi connectivity index (χ2n) is 4.40. The number of carboxylic acid groups (broad SMARTS) is 1. The van der Waals surface area contributed by atoms with Crippen LogP contribution in [0.15, 0.2) is 16.6 Å². The molecule has 108 valence electrons. The minimum atomic E-state index is -1.08. The quantitative estimate of drug-likeness (QED) is 0.861. The van der Waals surface area contributed by atoms with Gasteiger partial charge in [0.1, 0.15) is 19.3 Å². The number of benzene rings is 1. The fraction of sp³-hybridized carbons (Fsp3) is 0.385. The summed E-state index contributed by atoms with van der Waals surface area (Å²) >= 11 is 3.37. The van der Waals surface area contributed by atoms with E-state index in [-0.39, 0.29) is 12.3 Å². The topological polar surface area (TPSA) is 84.9 Å². The van der Waals surface area contributed by atoms with E-state index >= 15 is 0 Å². The molecule has 1 aliphatic rings. The fourth-order valence-electron chi connectivity index (χ4n) is 1.96. The van der Waals surface area contributed by atoms with E-state index in [2.05, 4.69) is 21.2 Å². The van der Waals surface area contributed by atoms with Gasteiger partial charge in [0.25, 0.3) is 0 Å². The maximum absolute atomic E-state index is 11.1. The predicted molar refractivity (Wildman–Crippen MR) is 74.1 cm³/mol. The van der Waals surface area contributed by atoms with E-state index in [1.165, 1.54) is 6.92 Å². The third kappa shape index (κ3) is 3.41. The second-order valence-corrected chi connectivity index (χ2v) is 5.25. The zero-order valence-corrected chi connectivity index (χ0v) is 12.4. The fourth-order valence-corrected chi connectivity index (χ4v) is 2.57. The number of aliphatic carboxylic acids is 1. The van der Waals surface area contributed by atoms with Crippen LogP contribution in [0.5, 0.6) is 11.5 Å². The summed E-state index contributed by atoms with van der Waals surface area (Å²) in [4.78, 5) is 22.2. The highest BCUT2D eigenvalue weighted by Gasteiger charge is 2.22. The highest BCUT2D eigenvalue weighted by Crippen LogP contribution is 2.38. The molecule has 0 saturated heterocycles. The molecule has 0 bridgehead atoms. The summed E-state index contributed by atoms with van der Waals surface area (Å²) in [6, 6.07) is 2.53. The van der Waals surface area contributed by atoms with Gasteiger partial charge in [0.2, 0.25) is 5.91 Å². The SMILES string of the molecule is CC(=O)NC(Cc1cc(Br)c2c(c1)OCCO2)C(=O)O. The number of amides is 1. The summed E-state index contributed by atoms with van der Waals surface area (Å²) in [6.45, 7) is 2.22. The van der Waals surface area contributed by atoms with Crippen LogP contribution in [0.2, 0.25) is 0 Å². The van der Waals surface area contributed by atoms with Crippen LogP contribution in [0.1, 0.15) is 12.5 Å². The summed E-state index contributed by atoms with van der Waals surface area (Å²) in [5.41, 5.74) is 0.738. The summed E-state index contributed by atoms with van der Waals surface area (Å²) in [5, 5.41) is 11.5. The Kier molecular flexibility index (Phi) is 4.49. The van der Waals surface area contributed by atoms with Gasteiger partial charge in [0.05, 0.1) is 4.47 Å². The van der Waals surface area contributed by atoms with Gasteiger partial charge in [-0.15, -0.1) is 0 Å². The number of rotatable bonds is 4. The first-order chi connectivity index (χ1) is 9.47. The van der Waals surface area contributed by atoms with Crippen molar-refractivity contribution in [3.05, 3.63) is 22.2 Å². The molecule has 0 fully saturated rings. The van der Waals surface area contributed by atoms with Gasteiger partial charge in [-0.3, -0.25) is 4.79 Å². The standard InChI is InChI=1S/C13H14BrNO5/c1-7(16)15-10(13(17)18)5-8-4-9(14)12-11(6-8)19-2-3-20-12/h4,6,10H,2-3,5H2,1H3,(H,15,16)(H,17,18). The molecular weight excluding hydrogens is 330 g/mol. The lowest BCUT2D eigenvalue weighted by molar-refractivity contribution is -0.141. The highest BCUT2D eigenvalue weighted by molar-refractivity contribution is 9.10. The molecule has 0 spiro atoms. The van der Waals surface area contributed by atoms with E-state index in [0.29, 0.717) is 29.2 Å². The Morgan fingerprint density at radius 1 is 1.40 bits per heavy atom. The largest absolute Gasteiger partial charge is 0.486 e. The van der Waals surface area contributed by atoms with Crippen molar-refractivity contribution in [1.29, 1.82) is 0 Å². The van der Waals surface area contributed by atoms with Crippen molar-refractivity contribution in [2.75, 3.05) is 13.2 Å². The van der Waals surface area contributed by atoms with Gasteiger partial charge in [-0.25, -0.2) is 4.79 Å². The molecule has 1 atom stereocenters. The number of ether oxygens (including phenoxy) is 2. The van der Waals surface area contributed by atoms with Crippen LogP contribution in [0, 0.1) is 0 Å². The molecule has 2 N–H and O–H groups in total. The van der Waals surface area contributed by atoms with Crippen LogP contribution in [0.3, 0.4) is 0 Å². The Morgan fingerprint density at radius 2 is 2.10 bits per heavy atom. The Hall–Kier alpha value is -1.76. The van der Waals surface area contributed by atoms with E-state index in [0.717, 1.165) is 5.56 Å². The number of fused-ring (bicyclic) bond motifs is 1. The van der Waals surface area contributed by atoms with Crippen LogP contribution >= 0.6 is 15.9 Å². The maximum Gasteiger partial charge on any atom is 0.326 e. The first-order valence-electron chi connectivity index (χ1n) is 6.05. The smallest absolute Gasteiger partial charge is 0.326 e. The number of carboxylic acids is 1. The third-order valence-electron chi connectivity index (χ3n) is 2.77. The minimum absolute atomic E-state index is 0.171. The molecule has 1 unspecified atom stereocenters. The van der Waals surface area contributed by atoms with Crippen molar-refractivity contribution in [3.63, 3.8) is 0 Å². The lowest BCUT2D eigenvalue weighted by Gasteiger charge is -2.21. The number of carbonyl (C=O) groups is 2. The van der Waals surface area contributed by atoms with Crippen molar-refractivity contribution in [1.82, 2.24) is 5.32 Å². The van der Waals surface area contributed by atoms with E-state index in [9.17, 15) is 9.59 Å². The van der Waals surface area contributed by atoms with E-state index < -0.39 is 12.0 Å². The molecule has 0 saturated carbocycles. The zero-order valence-electron chi connectivity index (χ0n) is 10.8. The van der Waals surface area contributed by atoms with Crippen LogP contribution < -0.4 is 14.8 Å². The van der Waals surface area contributed by atoms with E-state index in [4.69, 9.17) is 14.6 Å². The zero-order chi connectivity index (χ0) is 14.7. The average molecular weight is 344 g/mol. The number of nitrogens with one attached hydrogen (secondary N) is 1. The van der Waals surface area contributed by atoms with Crippen molar-refractivity contribution in [3.8, 4) is 11.5 Å². The molecule has 20 heavy (non-hydrogen) atoms. The lowest BCUT2D eigenvalue weighted by Crippen LogP contribution is -2.41. The van der Waals surface area contributed by atoms with Crippen molar-refractivity contribution in [2.24, 2.45) is 0 Å². The number of hydrogen-bond donors (Lipinski definition) is 2. The van der Waals surface area contributed by atoms with Crippen LogP contribution in [0.4, 0.5) is 0 Å². The molecule has 6 nitrogen and oxygen atoms in total. The van der Waals surface area contributed by atoms with Gasteiger partial charge in [-0.05, 0) is 33.6 Å².